The van der Waals surface area contributed by atoms with E-state index in [1.165, 1.54) is 22.1 Å². The van der Waals surface area contributed by atoms with Crippen molar-refractivity contribution in [1.82, 2.24) is 24.7 Å². The molecule has 182 valence electrons. The van der Waals surface area contributed by atoms with Gasteiger partial charge in [-0.1, -0.05) is 6.42 Å². The Hall–Kier alpha value is -3.78. The highest BCUT2D eigenvalue weighted by Crippen LogP contribution is 2.28. The highest BCUT2D eigenvalue weighted by molar-refractivity contribution is 7.17. The largest absolute Gasteiger partial charge is 0.492 e. The van der Waals surface area contributed by atoms with Crippen LogP contribution in [0.25, 0.3) is 4.96 Å². The zero-order valence-corrected chi connectivity index (χ0v) is 18.8. The molecule has 3 aromatic rings. The lowest BCUT2D eigenvalue weighted by Gasteiger charge is -2.06. The summed E-state index contributed by atoms with van der Waals surface area (Å²) in [5, 5.41) is 29.0. The van der Waals surface area contributed by atoms with E-state index in [-0.39, 0.29) is 6.42 Å². The van der Waals surface area contributed by atoms with Gasteiger partial charge in [-0.15, -0.1) is 11.3 Å². The molecule has 0 aliphatic heterocycles. The van der Waals surface area contributed by atoms with Gasteiger partial charge in [-0.25, -0.2) is 4.98 Å². The van der Waals surface area contributed by atoms with Gasteiger partial charge >= 0.3 is 11.9 Å². The van der Waals surface area contributed by atoms with Gasteiger partial charge in [0.05, 0.1) is 6.33 Å². The van der Waals surface area contributed by atoms with Crippen LogP contribution in [-0.4, -0.2) is 65.1 Å². The molecule has 0 spiro atoms. The number of nitrogens with two attached hydrogens (primary N) is 1. The van der Waals surface area contributed by atoms with Crippen molar-refractivity contribution in [2.45, 2.75) is 44.6 Å². The number of nitrogens with zero attached hydrogens (tertiary/aromatic N) is 3. The van der Waals surface area contributed by atoms with Gasteiger partial charge < -0.3 is 31.4 Å². The second-order valence-corrected chi connectivity index (χ2v) is 8.63. The van der Waals surface area contributed by atoms with Gasteiger partial charge in [0.15, 0.2) is 10.5 Å². The summed E-state index contributed by atoms with van der Waals surface area (Å²) in [4.78, 5) is 57.3. The van der Waals surface area contributed by atoms with Crippen molar-refractivity contribution >= 4 is 34.1 Å². The summed E-state index contributed by atoms with van der Waals surface area (Å²) in [7, 11) is 0. The van der Waals surface area contributed by atoms with Gasteiger partial charge in [-0.05, 0) is 25.7 Å². The number of carboxylic acids is 2. The van der Waals surface area contributed by atoms with Crippen molar-refractivity contribution < 1.29 is 29.7 Å². The van der Waals surface area contributed by atoms with E-state index < -0.39 is 47.4 Å². The fourth-order valence-corrected chi connectivity index (χ4v) is 4.65. The first kappa shape index (κ1) is 24.9. The molecule has 34 heavy (non-hydrogen) atoms. The molecule has 1 aliphatic rings. The first-order valence-electron chi connectivity index (χ1n) is 10.4. The number of aromatic amines is 1. The van der Waals surface area contributed by atoms with Crippen molar-refractivity contribution in [2.24, 2.45) is 5.73 Å². The molecule has 0 radical (unpaired) electrons. The van der Waals surface area contributed by atoms with Crippen molar-refractivity contribution in [3.63, 3.8) is 0 Å². The minimum absolute atomic E-state index is 0.287. The normalized spacial score (nSPS) is 13.8. The molecule has 4 rings (SSSR count). The quantitative estimate of drug-likeness (QED) is 0.251. The summed E-state index contributed by atoms with van der Waals surface area (Å²) in [6.45, 7) is -0.637. The number of amides is 1. The van der Waals surface area contributed by atoms with Crippen LogP contribution in [0.5, 0.6) is 5.88 Å². The Morgan fingerprint density at radius 2 is 1.97 bits per heavy atom. The second-order valence-electron chi connectivity index (χ2n) is 7.57. The van der Waals surface area contributed by atoms with E-state index in [0.29, 0.717) is 4.96 Å². The number of aromatic hydroxyl groups is 1. The third-order valence-corrected chi connectivity index (χ3v) is 6.24. The van der Waals surface area contributed by atoms with Crippen LogP contribution >= 0.6 is 11.3 Å². The number of rotatable bonds is 6. The highest BCUT2D eigenvalue weighted by atomic mass is 32.1. The van der Waals surface area contributed by atoms with Gasteiger partial charge in [0.25, 0.3) is 11.5 Å². The van der Waals surface area contributed by atoms with Crippen LogP contribution in [0.3, 0.4) is 0 Å². The Morgan fingerprint density at radius 1 is 1.24 bits per heavy atom. The number of hydrogen-bond acceptors (Lipinski definition) is 9. The standard InChI is InChI=1S/C14H15N3O5S.C6H9N3O2/c18-9(19)6-15-11(20)10-12(21)16-14-17(13(10)22)7-4-2-1-3-5-8(7)23-14;7-5(6(10)11)1-4-2-8-3-9-4/h21H,1-6H2,(H,15,20)(H,18,19);2-3,5H,1,7H2,(H,8,9)(H,10,11). The Labute approximate surface area is 196 Å². The predicted octanol–water partition coefficient (Wildman–Crippen LogP) is -0.0910. The minimum atomic E-state index is -1.24. The zero-order valence-electron chi connectivity index (χ0n) is 18.0. The molecule has 13 nitrogen and oxygen atoms in total. The number of aryl methyl sites for hydroxylation is 2. The predicted molar refractivity (Wildman–Crippen MR) is 120 cm³/mol. The van der Waals surface area contributed by atoms with Crippen molar-refractivity contribution in [2.75, 3.05) is 6.54 Å². The summed E-state index contributed by atoms with van der Waals surface area (Å²) < 4.78 is 1.38. The molecule has 0 bridgehead atoms. The molecular weight excluding hydrogens is 468 g/mol. The molecule has 0 saturated heterocycles. The molecule has 0 fully saturated rings. The number of fused-ring (bicyclic) bond motifs is 3. The topological polar surface area (TPSA) is 213 Å². The lowest BCUT2D eigenvalue weighted by molar-refractivity contribution is -0.138. The van der Waals surface area contributed by atoms with Crippen LogP contribution in [0.2, 0.25) is 0 Å². The molecule has 1 aliphatic carbocycles. The van der Waals surface area contributed by atoms with Gasteiger partial charge in [0.2, 0.25) is 5.88 Å². The Bertz CT molecular complexity index is 1250. The van der Waals surface area contributed by atoms with E-state index in [1.807, 2.05) is 0 Å². The summed E-state index contributed by atoms with van der Waals surface area (Å²) in [6.07, 6.45) is 7.97. The van der Waals surface area contributed by atoms with Crippen LogP contribution in [-0.2, 0) is 28.9 Å². The van der Waals surface area contributed by atoms with Crippen LogP contribution in [0, 0.1) is 0 Å². The highest BCUT2D eigenvalue weighted by Gasteiger charge is 2.24. The summed E-state index contributed by atoms with van der Waals surface area (Å²) in [6, 6.07) is -0.851. The number of thiazole rings is 1. The molecule has 14 heteroatoms. The van der Waals surface area contributed by atoms with Gasteiger partial charge in [0.1, 0.15) is 12.6 Å². The number of carbonyl (C=O) groups excluding carboxylic acids is 1. The van der Waals surface area contributed by atoms with E-state index in [1.54, 1.807) is 6.20 Å². The van der Waals surface area contributed by atoms with Crippen LogP contribution in [0.4, 0.5) is 0 Å². The molecule has 0 saturated carbocycles. The number of nitrogens with one attached hydrogen (secondary N) is 2. The number of hydrogen-bond donors (Lipinski definition) is 6. The number of aliphatic carboxylic acids is 2. The maximum absolute atomic E-state index is 12.6. The minimum Gasteiger partial charge on any atom is -0.492 e. The number of H-pyrrole nitrogens is 1. The fourth-order valence-electron chi connectivity index (χ4n) is 3.46. The summed E-state index contributed by atoms with van der Waals surface area (Å²) >= 11 is 1.35. The fraction of sp³-hybridized carbons (Fsp3) is 0.400. The van der Waals surface area contributed by atoms with E-state index in [0.717, 1.165) is 48.4 Å². The molecule has 1 unspecified atom stereocenters. The number of carboxylic acid groups (broad SMARTS) is 2. The molecule has 3 aromatic heterocycles. The first-order valence-corrected chi connectivity index (χ1v) is 11.2. The maximum Gasteiger partial charge on any atom is 0.322 e. The molecule has 1 amide bonds. The van der Waals surface area contributed by atoms with Crippen LogP contribution in [0.15, 0.2) is 17.3 Å². The Balaban J connectivity index is 0.000000248. The van der Waals surface area contributed by atoms with Gasteiger partial charge in [-0.3, -0.25) is 23.6 Å². The molecule has 0 aromatic carbocycles. The average molecular weight is 493 g/mol. The molecule has 3 heterocycles. The van der Waals surface area contributed by atoms with E-state index in [9.17, 15) is 24.3 Å². The third-order valence-electron chi connectivity index (χ3n) is 5.10. The van der Waals surface area contributed by atoms with Crippen molar-refractivity contribution in [3.05, 3.63) is 44.7 Å². The van der Waals surface area contributed by atoms with Crippen molar-refractivity contribution in [3.8, 4) is 5.88 Å². The Morgan fingerprint density at radius 3 is 2.62 bits per heavy atom. The second kappa shape index (κ2) is 10.9. The van der Waals surface area contributed by atoms with Gasteiger partial charge in [-0.2, -0.15) is 4.98 Å². The Kier molecular flexibility index (Phi) is 7.96. The van der Waals surface area contributed by atoms with E-state index in [4.69, 9.17) is 15.9 Å². The molecule has 7 N–H and O–H groups in total. The number of aromatic nitrogens is 4. The van der Waals surface area contributed by atoms with Crippen LogP contribution in [0.1, 0.15) is 45.9 Å². The smallest absolute Gasteiger partial charge is 0.322 e. The lowest BCUT2D eigenvalue weighted by Crippen LogP contribution is -2.35. The lowest BCUT2D eigenvalue weighted by atomic mass is 10.2. The first-order chi connectivity index (χ1) is 16.2. The monoisotopic (exact) mass is 492 g/mol. The SMILES string of the molecule is NC(Cc1cnc[nH]1)C(=O)O.O=C(O)CNC(=O)c1c(O)nc2sc3c(n2c1=O)CCCCC3. The average Bonchev–Trinajstić information content (AvgIpc) is 3.34. The summed E-state index contributed by atoms with van der Waals surface area (Å²) in [5.41, 5.74) is 5.66. The maximum atomic E-state index is 12.6. The number of imidazole rings is 1. The third kappa shape index (κ3) is 5.77. The summed E-state index contributed by atoms with van der Waals surface area (Å²) in [5.74, 6) is -3.85. The molecular formula is C20H24N6O7S. The van der Waals surface area contributed by atoms with Crippen molar-refractivity contribution in [1.29, 1.82) is 0 Å². The van der Waals surface area contributed by atoms with E-state index >= 15 is 0 Å². The number of carbonyl (C=O) groups is 3. The van der Waals surface area contributed by atoms with Crippen LogP contribution < -0.4 is 16.6 Å². The van der Waals surface area contributed by atoms with Gasteiger partial charge in [0, 0.05) is 28.9 Å². The van der Waals surface area contributed by atoms with E-state index in [2.05, 4.69) is 20.3 Å². The zero-order chi connectivity index (χ0) is 24.8. The molecule has 1 atom stereocenters.